The lowest BCUT2D eigenvalue weighted by atomic mass is 10.1. The molecular weight excluding hydrogens is 338 g/mol. The summed E-state index contributed by atoms with van der Waals surface area (Å²) in [5.41, 5.74) is 0. The minimum absolute atomic E-state index is 0.0495. The van der Waals surface area contributed by atoms with Crippen molar-refractivity contribution in [2.75, 3.05) is 17.3 Å². The summed E-state index contributed by atoms with van der Waals surface area (Å²) in [6, 6.07) is 0.116. The first-order valence-electron chi connectivity index (χ1n) is 7.70. The van der Waals surface area contributed by atoms with Gasteiger partial charge in [0.05, 0.1) is 17.3 Å². The SMILES string of the molecule is CC(C)[C@@H](C)NC(=O)CSc1nnc(C[C@H]2CCS(=O)(=O)C2)o1. The molecule has 1 aliphatic heterocycles. The maximum Gasteiger partial charge on any atom is 0.277 e. The standard InChI is InChI=1S/C14H23N3O4S2/c1-9(2)10(3)15-12(18)7-22-14-17-16-13(21-14)6-11-4-5-23(19,20)8-11/h9-11H,4-8H2,1-3H3,(H,15,18)/t10-,11-/m1/s1. The molecule has 0 bridgehead atoms. The third kappa shape index (κ3) is 5.80. The Bertz CT molecular complexity index is 642. The van der Waals surface area contributed by atoms with Gasteiger partial charge in [0.15, 0.2) is 9.84 Å². The van der Waals surface area contributed by atoms with E-state index >= 15 is 0 Å². The van der Waals surface area contributed by atoms with Gasteiger partial charge >= 0.3 is 0 Å². The average molecular weight is 361 g/mol. The lowest BCUT2D eigenvalue weighted by Crippen LogP contribution is -2.37. The van der Waals surface area contributed by atoms with Crippen molar-refractivity contribution >= 4 is 27.5 Å². The monoisotopic (exact) mass is 361 g/mol. The predicted octanol–water partition coefficient (Wildman–Crippen LogP) is 1.30. The van der Waals surface area contributed by atoms with Crippen LogP contribution in [-0.4, -0.2) is 47.8 Å². The van der Waals surface area contributed by atoms with Crippen molar-refractivity contribution in [2.24, 2.45) is 11.8 Å². The molecular formula is C14H23N3O4S2. The van der Waals surface area contributed by atoms with Gasteiger partial charge in [0, 0.05) is 12.5 Å². The van der Waals surface area contributed by atoms with Crippen LogP contribution in [0.25, 0.3) is 0 Å². The molecule has 9 heteroatoms. The van der Waals surface area contributed by atoms with Crippen LogP contribution in [0.15, 0.2) is 9.64 Å². The lowest BCUT2D eigenvalue weighted by molar-refractivity contribution is -0.119. The first-order valence-corrected chi connectivity index (χ1v) is 10.5. The number of hydrogen-bond acceptors (Lipinski definition) is 7. The molecule has 0 spiro atoms. The second-order valence-electron chi connectivity index (χ2n) is 6.32. The van der Waals surface area contributed by atoms with Gasteiger partial charge in [-0.2, -0.15) is 0 Å². The smallest absolute Gasteiger partial charge is 0.277 e. The Labute approximate surface area is 140 Å². The van der Waals surface area contributed by atoms with E-state index in [1.165, 1.54) is 11.8 Å². The number of carbonyl (C=O) groups is 1. The van der Waals surface area contributed by atoms with Crippen molar-refractivity contribution < 1.29 is 17.6 Å². The lowest BCUT2D eigenvalue weighted by Gasteiger charge is -2.16. The summed E-state index contributed by atoms with van der Waals surface area (Å²) in [6.45, 7) is 6.06. The van der Waals surface area contributed by atoms with Crippen molar-refractivity contribution in [3.63, 3.8) is 0 Å². The molecule has 130 valence electrons. The first-order chi connectivity index (χ1) is 10.7. The Morgan fingerprint density at radius 3 is 2.74 bits per heavy atom. The van der Waals surface area contributed by atoms with Crippen molar-refractivity contribution in [3.8, 4) is 0 Å². The number of hydrogen-bond donors (Lipinski definition) is 1. The highest BCUT2D eigenvalue weighted by Crippen LogP contribution is 2.23. The molecule has 0 aromatic carbocycles. The summed E-state index contributed by atoms with van der Waals surface area (Å²) in [5.74, 6) is 1.43. The van der Waals surface area contributed by atoms with Gasteiger partial charge in [-0.05, 0) is 25.2 Å². The molecule has 2 atom stereocenters. The third-order valence-corrected chi connectivity index (χ3v) is 6.61. The molecule has 0 unspecified atom stereocenters. The maximum absolute atomic E-state index is 11.8. The van der Waals surface area contributed by atoms with E-state index in [9.17, 15) is 13.2 Å². The van der Waals surface area contributed by atoms with Crippen molar-refractivity contribution in [2.45, 2.75) is 44.9 Å². The molecule has 1 fully saturated rings. The van der Waals surface area contributed by atoms with E-state index < -0.39 is 9.84 Å². The minimum atomic E-state index is -2.90. The van der Waals surface area contributed by atoms with Gasteiger partial charge in [0.1, 0.15) is 0 Å². The molecule has 2 rings (SSSR count). The minimum Gasteiger partial charge on any atom is -0.416 e. The Kier molecular flexibility index (Phi) is 6.07. The van der Waals surface area contributed by atoms with Gasteiger partial charge in [-0.1, -0.05) is 25.6 Å². The van der Waals surface area contributed by atoms with E-state index in [1.54, 1.807) is 0 Å². The fourth-order valence-corrected chi connectivity index (χ4v) is 4.70. The van der Waals surface area contributed by atoms with Crippen molar-refractivity contribution in [3.05, 3.63) is 5.89 Å². The fourth-order valence-electron chi connectivity index (χ4n) is 2.25. The van der Waals surface area contributed by atoms with Gasteiger partial charge in [-0.15, -0.1) is 10.2 Å². The maximum atomic E-state index is 11.8. The van der Waals surface area contributed by atoms with Crippen LogP contribution in [0.3, 0.4) is 0 Å². The Morgan fingerprint density at radius 2 is 2.13 bits per heavy atom. The number of rotatable bonds is 7. The molecule has 1 saturated heterocycles. The van der Waals surface area contributed by atoms with E-state index in [0.717, 1.165) is 0 Å². The van der Waals surface area contributed by atoms with Gasteiger partial charge < -0.3 is 9.73 Å². The number of sulfone groups is 1. The van der Waals surface area contributed by atoms with E-state index in [1.807, 2.05) is 20.8 Å². The molecule has 1 aliphatic rings. The Balaban J connectivity index is 1.78. The van der Waals surface area contributed by atoms with Crippen LogP contribution < -0.4 is 5.32 Å². The van der Waals surface area contributed by atoms with Gasteiger partial charge in [0.25, 0.3) is 5.22 Å². The molecule has 1 N–H and O–H groups in total. The van der Waals surface area contributed by atoms with E-state index in [2.05, 4.69) is 15.5 Å². The highest BCUT2D eigenvalue weighted by Gasteiger charge is 2.29. The van der Waals surface area contributed by atoms with Crippen molar-refractivity contribution in [1.29, 1.82) is 0 Å². The number of amides is 1. The number of carbonyl (C=O) groups excluding carboxylic acids is 1. The van der Waals surface area contributed by atoms with Crippen LogP contribution >= 0.6 is 11.8 Å². The van der Waals surface area contributed by atoms with Crippen LogP contribution in [0, 0.1) is 11.8 Å². The molecule has 1 aromatic heterocycles. The van der Waals surface area contributed by atoms with Crippen LogP contribution in [0.1, 0.15) is 33.1 Å². The van der Waals surface area contributed by atoms with Crippen LogP contribution in [0.5, 0.6) is 0 Å². The molecule has 0 aliphatic carbocycles. The molecule has 23 heavy (non-hydrogen) atoms. The van der Waals surface area contributed by atoms with Crippen LogP contribution in [0.2, 0.25) is 0 Å². The fraction of sp³-hybridized carbons (Fsp3) is 0.786. The highest BCUT2D eigenvalue weighted by molar-refractivity contribution is 7.99. The van der Waals surface area contributed by atoms with E-state index in [4.69, 9.17) is 4.42 Å². The Morgan fingerprint density at radius 1 is 1.39 bits per heavy atom. The number of nitrogens with zero attached hydrogens (tertiary/aromatic N) is 2. The first kappa shape index (κ1) is 18.3. The van der Waals surface area contributed by atoms with Gasteiger partial charge in [0.2, 0.25) is 11.8 Å². The van der Waals surface area contributed by atoms with E-state index in [-0.39, 0.29) is 35.1 Å². The summed E-state index contributed by atoms with van der Waals surface area (Å²) in [5, 5.41) is 11.1. The quantitative estimate of drug-likeness (QED) is 0.730. The van der Waals surface area contributed by atoms with Crippen LogP contribution in [-0.2, 0) is 21.1 Å². The topological polar surface area (TPSA) is 102 Å². The largest absolute Gasteiger partial charge is 0.416 e. The summed E-state index contributed by atoms with van der Waals surface area (Å²) >= 11 is 1.19. The second kappa shape index (κ2) is 7.65. The molecule has 1 amide bonds. The number of thioether (sulfide) groups is 1. The molecule has 2 heterocycles. The zero-order valence-electron chi connectivity index (χ0n) is 13.6. The van der Waals surface area contributed by atoms with E-state index in [0.29, 0.717) is 29.9 Å². The summed E-state index contributed by atoms with van der Waals surface area (Å²) < 4.78 is 28.4. The zero-order valence-corrected chi connectivity index (χ0v) is 15.2. The van der Waals surface area contributed by atoms with Crippen LogP contribution in [0.4, 0.5) is 0 Å². The summed E-state index contributed by atoms with van der Waals surface area (Å²) in [6.07, 6.45) is 1.12. The molecule has 0 saturated carbocycles. The zero-order chi connectivity index (χ0) is 17.0. The Hall–Kier alpha value is -1.09. The van der Waals surface area contributed by atoms with Gasteiger partial charge in [-0.3, -0.25) is 4.79 Å². The average Bonchev–Trinajstić information content (AvgIpc) is 3.03. The number of nitrogens with one attached hydrogen (secondary N) is 1. The summed E-state index contributed by atoms with van der Waals surface area (Å²) in [4.78, 5) is 11.8. The normalized spacial score (nSPS) is 21.5. The highest BCUT2D eigenvalue weighted by atomic mass is 32.2. The van der Waals surface area contributed by atoms with Gasteiger partial charge in [-0.25, -0.2) is 8.42 Å². The molecule has 1 aromatic rings. The summed E-state index contributed by atoms with van der Waals surface area (Å²) in [7, 11) is -2.90. The molecule has 7 nitrogen and oxygen atoms in total. The number of aromatic nitrogens is 2. The molecule has 0 radical (unpaired) electrons. The second-order valence-corrected chi connectivity index (χ2v) is 9.48. The predicted molar refractivity (Wildman–Crippen MR) is 87.9 cm³/mol. The van der Waals surface area contributed by atoms with Crippen molar-refractivity contribution in [1.82, 2.24) is 15.5 Å². The third-order valence-electron chi connectivity index (χ3n) is 3.95.